The maximum Gasteiger partial charge on any atom is 0.319 e. The van der Waals surface area contributed by atoms with Gasteiger partial charge in [0, 0.05) is 23.3 Å². The molecule has 4 rings (SSSR count). The Kier molecular flexibility index (Phi) is 6.07. The first kappa shape index (κ1) is 20.2. The fourth-order valence-corrected chi connectivity index (χ4v) is 4.70. The Morgan fingerprint density at radius 1 is 1.17 bits per heavy atom. The number of rotatable bonds is 6. The van der Waals surface area contributed by atoms with Crippen LogP contribution in [0.1, 0.15) is 37.7 Å². The molecule has 1 aliphatic heterocycles. The summed E-state index contributed by atoms with van der Waals surface area (Å²) in [6.45, 7) is 1.91. The molecule has 2 aromatic rings. The molecule has 4 nitrogen and oxygen atoms in total. The molecule has 0 aromatic heterocycles. The maximum atomic E-state index is 13.2. The minimum absolute atomic E-state index is 0.173. The van der Waals surface area contributed by atoms with Crippen molar-refractivity contribution in [1.82, 2.24) is 10.2 Å². The van der Waals surface area contributed by atoms with E-state index in [0.717, 1.165) is 57.2 Å². The zero-order valence-corrected chi connectivity index (χ0v) is 17.2. The van der Waals surface area contributed by atoms with Gasteiger partial charge in [-0.15, -0.1) is 0 Å². The zero-order chi connectivity index (χ0) is 20.3. The highest BCUT2D eigenvalue weighted by Crippen LogP contribution is 2.35. The Morgan fingerprint density at radius 2 is 1.97 bits per heavy atom. The molecule has 0 spiro atoms. The van der Waals surface area contributed by atoms with Gasteiger partial charge in [0.25, 0.3) is 0 Å². The summed E-state index contributed by atoms with van der Waals surface area (Å²) in [6.07, 6.45) is 6.35. The molecule has 0 bridgehead atoms. The van der Waals surface area contributed by atoms with Gasteiger partial charge in [0.15, 0.2) is 0 Å². The average molecular weight is 416 g/mol. The van der Waals surface area contributed by atoms with Crippen LogP contribution in [-0.4, -0.2) is 35.6 Å². The van der Waals surface area contributed by atoms with Gasteiger partial charge in [0.05, 0.1) is 5.54 Å². The Labute approximate surface area is 176 Å². The highest BCUT2D eigenvalue weighted by atomic mass is 35.5. The molecule has 2 aliphatic rings. The molecular formula is C23H27ClFN3O. The SMILES string of the molecule is O=C(Nc1cccc(Cl)c1)NC1(CN2CCCC2Cc2ccc(F)cc2)CCC1. The molecule has 1 atom stereocenters. The lowest BCUT2D eigenvalue weighted by Crippen LogP contribution is -2.61. The Bertz CT molecular complexity index is 853. The second-order valence-electron chi connectivity index (χ2n) is 8.32. The molecule has 2 amide bonds. The molecule has 6 heteroatoms. The lowest BCUT2D eigenvalue weighted by molar-refractivity contribution is 0.109. The van der Waals surface area contributed by atoms with Gasteiger partial charge in [-0.05, 0) is 81.0 Å². The molecule has 29 heavy (non-hydrogen) atoms. The fourth-order valence-electron chi connectivity index (χ4n) is 4.51. The van der Waals surface area contributed by atoms with Gasteiger partial charge in [-0.25, -0.2) is 9.18 Å². The number of carbonyl (C=O) groups excluding carboxylic acids is 1. The van der Waals surface area contributed by atoms with Crippen LogP contribution in [0.2, 0.25) is 5.02 Å². The number of carbonyl (C=O) groups is 1. The van der Waals surface area contributed by atoms with Crippen LogP contribution < -0.4 is 10.6 Å². The Balaban J connectivity index is 1.36. The van der Waals surface area contributed by atoms with E-state index in [1.165, 1.54) is 12.1 Å². The predicted octanol–water partition coefficient (Wildman–Crippen LogP) is 5.23. The number of nitrogens with one attached hydrogen (secondary N) is 2. The molecular weight excluding hydrogens is 389 g/mol. The van der Waals surface area contributed by atoms with Crippen LogP contribution in [0.5, 0.6) is 0 Å². The second-order valence-corrected chi connectivity index (χ2v) is 8.76. The van der Waals surface area contributed by atoms with Gasteiger partial charge in [0.2, 0.25) is 0 Å². The fraction of sp³-hybridized carbons (Fsp3) is 0.435. The third kappa shape index (κ3) is 5.09. The van der Waals surface area contributed by atoms with Crippen molar-refractivity contribution in [3.05, 3.63) is 64.9 Å². The van der Waals surface area contributed by atoms with Crippen LogP contribution >= 0.6 is 11.6 Å². The molecule has 1 saturated heterocycles. The van der Waals surface area contributed by atoms with E-state index >= 15 is 0 Å². The summed E-state index contributed by atoms with van der Waals surface area (Å²) >= 11 is 6.01. The zero-order valence-electron chi connectivity index (χ0n) is 16.5. The molecule has 2 fully saturated rings. The van der Waals surface area contributed by atoms with Crippen LogP contribution in [0.3, 0.4) is 0 Å². The summed E-state index contributed by atoms with van der Waals surface area (Å²) in [7, 11) is 0. The molecule has 1 heterocycles. The molecule has 1 saturated carbocycles. The number of likely N-dealkylation sites (tertiary alicyclic amines) is 1. The van der Waals surface area contributed by atoms with Crippen LogP contribution in [0.4, 0.5) is 14.9 Å². The third-order valence-electron chi connectivity index (χ3n) is 6.16. The van der Waals surface area contributed by atoms with Crippen LogP contribution in [0.25, 0.3) is 0 Å². The number of hydrogen-bond donors (Lipinski definition) is 2. The maximum absolute atomic E-state index is 13.2. The summed E-state index contributed by atoms with van der Waals surface area (Å²) in [4.78, 5) is 15.1. The van der Waals surface area contributed by atoms with Crippen molar-refractivity contribution in [3.8, 4) is 0 Å². The van der Waals surface area contributed by atoms with Gasteiger partial charge < -0.3 is 10.6 Å². The highest BCUT2D eigenvalue weighted by molar-refractivity contribution is 6.30. The van der Waals surface area contributed by atoms with E-state index in [2.05, 4.69) is 15.5 Å². The van der Waals surface area contributed by atoms with Crippen molar-refractivity contribution in [2.75, 3.05) is 18.4 Å². The molecule has 1 aliphatic carbocycles. The number of hydrogen-bond acceptors (Lipinski definition) is 2. The van der Waals surface area contributed by atoms with Crippen molar-refractivity contribution in [2.24, 2.45) is 0 Å². The van der Waals surface area contributed by atoms with Crippen molar-refractivity contribution >= 4 is 23.3 Å². The summed E-state index contributed by atoms with van der Waals surface area (Å²) in [5.41, 5.74) is 1.69. The van der Waals surface area contributed by atoms with Crippen molar-refractivity contribution in [3.63, 3.8) is 0 Å². The standard InChI is InChI=1S/C23H27ClFN3O/c24-18-4-1-5-20(15-18)26-22(29)27-23(11-3-12-23)16-28-13-2-6-21(28)14-17-7-9-19(25)10-8-17/h1,4-5,7-10,15,21H,2-3,6,11-14,16H2,(H2,26,27,29). The lowest BCUT2D eigenvalue weighted by atomic mass is 9.76. The van der Waals surface area contributed by atoms with E-state index < -0.39 is 0 Å². The summed E-state index contributed by atoms with van der Waals surface area (Å²) in [5, 5.41) is 6.73. The monoisotopic (exact) mass is 415 g/mol. The van der Waals surface area contributed by atoms with E-state index in [0.29, 0.717) is 16.8 Å². The Morgan fingerprint density at radius 3 is 2.66 bits per heavy atom. The number of anilines is 1. The second kappa shape index (κ2) is 8.72. The van der Waals surface area contributed by atoms with Gasteiger partial charge in [-0.2, -0.15) is 0 Å². The minimum Gasteiger partial charge on any atom is -0.331 e. The van der Waals surface area contributed by atoms with E-state index in [1.54, 1.807) is 12.1 Å². The summed E-state index contributed by atoms with van der Waals surface area (Å²) in [5.74, 6) is -0.194. The summed E-state index contributed by atoms with van der Waals surface area (Å²) < 4.78 is 13.2. The normalized spacial score (nSPS) is 20.8. The first-order valence-corrected chi connectivity index (χ1v) is 10.7. The predicted molar refractivity (Wildman–Crippen MR) is 115 cm³/mol. The van der Waals surface area contributed by atoms with E-state index in [1.807, 2.05) is 24.3 Å². The third-order valence-corrected chi connectivity index (χ3v) is 6.40. The van der Waals surface area contributed by atoms with Crippen molar-refractivity contribution in [2.45, 2.75) is 50.1 Å². The number of halogens is 2. The molecule has 2 N–H and O–H groups in total. The van der Waals surface area contributed by atoms with Crippen molar-refractivity contribution in [1.29, 1.82) is 0 Å². The highest BCUT2D eigenvalue weighted by Gasteiger charge is 2.42. The van der Waals surface area contributed by atoms with Crippen LogP contribution in [-0.2, 0) is 6.42 Å². The van der Waals surface area contributed by atoms with Gasteiger partial charge in [0.1, 0.15) is 5.82 Å². The van der Waals surface area contributed by atoms with Gasteiger partial charge in [-0.1, -0.05) is 29.8 Å². The molecule has 154 valence electrons. The summed E-state index contributed by atoms with van der Waals surface area (Å²) in [6, 6.07) is 14.3. The molecule has 0 radical (unpaired) electrons. The van der Waals surface area contributed by atoms with Gasteiger partial charge >= 0.3 is 6.03 Å². The van der Waals surface area contributed by atoms with Crippen LogP contribution in [0.15, 0.2) is 48.5 Å². The topological polar surface area (TPSA) is 44.4 Å². The smallest absolute Gasteiger partial charge is 0.319 e. The Hall–Kier alpha value is -2.11. The number of amides is 2. The van der Waals surface area contributed by atoms with Gasteiger partial charge in [-0.3, -0.25) is 4.90 Å². The quantitative estimate of drug-likeness (QED) is 0.678. The number of nitrogens with zero attached hydrogens (tertiary/aromatic N) is 1. The van der Waals surface area contributed by atoms with E-state index in [-0.39, 0.29) is 17.4 Å². The first-order valence-electron chi connectivity index (χ1n) is 10.3. The average Bonchev–Trinajstić information content (AvgIpc) is 3.08. The van der Waals surface area contributed by atoms with E-state index in [4.69, 9.17) is 11.6 Å². The minimum atomic E-state index is -0.194. The van der Waals surface area contributed by atoms with Crippen molar-refractivity contribution < 1.29 is 9.18 Å². The lowest BCUT2D eigenvalue weighted by Gasteiger charge is -2.46. The van der Waals surface area contributed by atoms with Crippen LogP contribution in [0, 0.1) is 5.82 Å². The first-order chi connectivity index (χ1) is 14.0. The molecule has 2 aromatic carbocycles. The molecule has 1 unspecified atom stereocenters. The largest absolute Gasteiger partial charge is 0.331 e. The number of urea groups is 1. The van der Waals surface area contributed by atoms with E-state index in [9.17, 15) is 9.18 Å². The number of benzene rings is 2.